The first-order valence-electron chi connectivity index (χ1n) is 11.5. The first-order chi connectivity index (χ1) is 17.3. The number of hydrogen-bond acceptors (Lipinski definition) is 7. The van der Waals surface area contributed by atoms with Crippen molar-refractivity contribution in [2.24, 2.45) is 0 Å². The molecule has 4 rings (SSSR count). The number of H-pyrrole nitrogens is 1. The molecule has 0 spiro atoms. The van der Waals surface area contributed by atoms with Crippen molar-refractivity contribution in [3.63, 3.8) is 0 Å². The van der Waals surface area contributed by atoms with E-state index in [-0.39, 0.29) is 6.54 Å². The van der Waals surface area contributed by atoms with Crippen molar-refractivity contribution in [1.29, 1.82) is 0 Å². The standard InChI is InChI=1S/C26H28ClN7O2/c1-26(2,3)36-25(35)34(15-18-7-5-4-6-8-18)16-22(30-20-11-9-19(27)10-12-20)24-31-23(32-33-24)21-13-14-28-17-29-21/h4-14,17,22,30H,15-16H2,1-3H3,(H,31,32,33). The molecule has 1 unspecified atom stereocenters. The minimum atomic E-state index is -0.641. The van der Waals surface area contributed by atoms with Crippen LogP contribution in [0, 0.1) is 0 Å². The summed E-state index contributed by atoms with van der Waals surface area (Å²) in [5.74, 6) is 0.974. The van der Waals surface area contributed by atoms with E-state index in [9.17, 15) is 4.79 Å². The maximum Gasteiger partial charge on any atom is 0.410 e. The minimum Gasteiger partial charge on any atom is -0.444 e. The lowest BCUT2D eigenvalue weighted by Crippen LogP contribution is -2.40. The van der Waals surface area contributed by atoms with Crippen molar-refractivity contribution in [3.8, 4) is 11.5 Å². The van der Waals surface area contributed by atoms with E-state index in [1.165, 1.54) is 6.33 Å². The molecule has 0 bridgehead atoms. The highest BCUT2D eigenvalue weighted by atomic mass is 35.5. The van der Waals surface area contributed by atoms with E-state index in [4.69, 9.17) is 16.3 Å². The van der Waals surface area contributed by atoms with Crippen LogP contribution in [0.15, 0.2) is 73.2 Å². The zero-order valence-corrected chi connectivity index (χ0v) is 21.1. The summed E-state index contributed by atoms with van der Waals surface area (Å²) in [5, 5.41) is 11.4. The van der Waals surface area contributed by atoms with E-state index in [0.29, 0.717) is 28.9 Å². The fourth-order valence-electron chi connectivity index (χ4n) is 3.47. The number of hydrogen-bond donors (Lipinski definition) is 2. The second kappa shape index (κ2) is 11.2. The van der Waals surface area contributed by atoms with E-state index in [1.54, 1.807) is 29.3 Å². The average molecular weight is 506 g/mol. The molecule has 1 amide bonds. The molecule has 2 N–H and O–H groups in total. The molecule has 0 aliphatic rings. The highest BCUT2D eigenvalue weighted by Crippen LogP contribution is 2.24. The van der Waals surface area contributed by atoms with Crippen LogP contribution in [0.3, 0.4) is 0 Å². The Balaban J connectivity index is 1.65. The number of nitrogens with zero attached hydrogens (tertiary/aromatic N) is 5. The first-order valence-corrected chi connectivity index (χ1v) is 11.9. The van der Waals surface area contributed by atoms with Crippen molar-refractivity contribution in [2.45, 2.75) is 39.0 Å². The second-order valence-electron chi connectivity index (χ2n) is 9.19. The van der Waals surface area contributed by atoms with Gasteiger partial charge in [-0.15, -0.1) is 0 Å². The van der Waals surface area contributed by atoms with Crippen molar-refractivity contribution in [2.75, 3.05) is 11.9 Å². The van der Waals surface area contributed by atoms with Gasteiger partial charge in [0.2, 0.25) is 0 Å². The quantitative estimate of drug-likeness (QED) is 0.325. The molecule has 0 fully saturated rings. The molecule has 9 nitrogen and oxygen atoms in total. The number of amides is 1. The molecule has 1 atom stereocenters. The normalized spacial score (nSPS) is 12.1. The van der Waals surface area contributed by atoms with Crippen LogP contribution in [0.4, 0.5) is 10.5 Å². The van der Waals surface area contributed by atoms with Gasteiger partial charge in [-0.25, -0.2) is 19.7 Å². The maximum atomic E-state index is 13.2. The molecule has 4 aromatic rings. The number of carbonyl (C=O) groups is 1. The lowest BCUT2D eigenvalue weighted by atomic mass is 10.1. The Hall–Kier alpha value is -3.98. The number of aromatic nitrogens is 5. The molecule has 186 valence electrons. The topological polar surface area (TPSA) is 109 Å². The number of nitrogens with one attached hydrogen (secondary N) is 2. The third-order valence-electron chi connectivity index (χ3n) is 5.10. The largest absolute Gasteiger partial charge is 0.444 e. The zero-order chi connectivity index (χ0) is 25.5. The minimum absolute atomic E-state index is 0.255. The number of halogens is 1. The monoisotopic (exact) mass is 505 g/mol. The third-order valence-corrected chi connectivity index (χ3v) is 5.35. The van der Waals surface area contributed by atoms with Gasteiger partial charge in [0.1, 0.15) is 29.5 Å². The summed E-state index contributed by atoms with van der Waals surface area (Å²) in [4.78, 5) is 27.7. The van der Waals surface area contributed by atoms with Crippen LogP contribution in [-0.4, -0.2) is 48.3 Å². The van der Waals surface area contributed by atoms with Crippen molar-refractivity contribution in [1.82, 2.24) is 30.0 Å². The molecular formula is C26H28ClN7O2. The molecule has 2 aromatic heterocycles. The Morgan fingerprint density at radius 2 is 1.86 bits per heavy atom. The van der Waals surface area contributed by atoms with Crippen molar-refractivity contribution >= 4 is 23.4 Å². The summed E-state index contributed by atoms with van der Waals surface area (Å²) >= 11 is 6.08. The fourth-order valence-corrected chi connectivity index (χ4v) is 3.60. The number of aromatic amines is 1. The van der Waals surface area contributed by atoms with Crippen LogP contribution in [0.1, 0.15) is 38.2 Å². The number of ether oxygens (including phenoxy) is 1. The van der Waals surface area contributed by atoms with Gasteiger partial charge in [0, 0.05) is 23.5 Å². The average Bonchev–Trinajstić information content (AvgIpc) is 3.35. The maximum absolute atomic E-state index is 13.2. The van der Waals surface area contributed by atoms with E-state index in [1.807, 2.05) is 63.2 Å². The van der Waals surface area contributed by atoms with Gasteiger partial charge >= 0.3 is 6.09 Å². The summed E-state index contributed by atoms with van der Waals surface area (Å²) in [6.07, 6.45) is 2.65. The van der Waals surface area contributed by atoms with Gasteiger partial charge in [0.15, 0.2) is 5.82 Å². The summed E-state index contributed by atoms with van der Waals surface area (Å²) in [5.41, 5.74) is 1.74. The predicted molar refractivity (Wildman–Crippen MR) is 138 cm³/mol. The molecule has 0 radical (unpaired) electrons. The van der Waals surface area contributed by atoms with Crippen molar-refractivity contribution in [3.05, 3.63) is 89.6 Å². The van der Waals surface area contributed by atoms with Crippen LogP contribution in [0.5, 0.6) is 0 Å². The Kier molecular flexibility index (Phi) is 7.80. The van der Waals surface area contributed by atoms with Crippen molar-refractivity contribution < 1.29 is 9.53 Å². The number of anilines is 1. The molecule has 10 heteroatoms. The van der Waals surface area contributed by atoms with E-state index in [0.717, 1.165) is 11.3 Å². The third kappa shape index (κ3) is 7.02. The van der Waals surface area contributed by atoms with Crippen LogP contribution in [0.2, 0.25) is 5.02 Å². The van der Waals surface area contributed by atoms with Gasteiger partial charge in [0.05, 0.1) is 6.54 Å². The summed E-state index contributed by atoms with van der Waals surface area (Å²) in [6.45, 7) is 6.16. The van der Waals surface area contributed by atoms with Gasteiger partial charge in [-0.1, -0.05) is 41.9 Å². The van der Waals surface area contributed by atoms with Gasteiger partial charge in [-0.3, -0.25) is 5.10 Å². The molecular weight excluding hydrogens is 478 g/mol. The van der Waals surface area contributed by atoms with Gasteiger partial charge in [0.25, 0.3) is 0 Å². The molecule has 0 saturated carbocycles. The molecule has 2 aromatic carbocycles. The zero-order valence-electron chi connectivity index (χ0n) is 20.4. The lowest BCUT2D eigenvalue weighted by Gasteiger charge is -2.30. The van der Waals surface area contributed by atoms with Gasteiger partial charge in [-0.05, 0) is 56.7 Å². The molecule has 0 aliphatic carbocycles. The second-order valence-corrected chi connectivity index (χ2v) is 9.63. The van der Waals surface area contributed by atoms with E-state index < -0.39 is 17.7 Å². The van der Waals surface area contributed by atoms with Crippen LogP contribution in [-0.2, 0) is 11.3 Å². The highest BCUT2D eigenvalue weighted by molar-refractivity contribution is 6.30. The number of benzene rings is 2. The summed E-state index contributed by atoms with van der Waals surface area (Å²) in [6, 6.07) is 18.4. The SMILES string of the molecule is CC(C)(C)OC(=O)N(Cc1ccccc1)CC(Nc1ccc(Cl)cc1)c1nc(-c2ccncn2)n[nH]1. The van der Waals surface area contributed by atoms with Crippen LogP contribution in [0.25, 0.3) is 11.5 Å². The first kappa shape index (κ1) is 25.1. The van der Waals surface area contributed by atoms with E-state index >= 15 is 0 Å². The van der Waals surface area contributed by atoms with E-state index in [2.05, 4.69) is 30.5 Å². The van der Waals surface area contributed by atoms with Crippen LogP contribution < -0.4 is 5.32 Å². The summed E-state index contributed by atoms with van der Waals surface area (Å²) in [7, 11) is 0. The summed E-state index contributed by atoms with van der Waals surface area (Å²) < 4.78 is 5.73. The Labute approximate surface area is 214 Å². The Morgan fingerprint density at radius 3 is 2.53 bits per heavy atom. The van der Waals surface area contributed by atoms with Crippen LogP contribution >= 0.6 is 11.6 Å². The number of rotatable bonds is 8. The molecule has 0 saturated heterocycles. The Morgan fingerprint density at radius 1 is 1.11 bits per heavy atom. The smallest absolute Gasteiger partial charge is 0.410 e. The highest BCUT2D eigenvalue weighted by Gasteiger charge is 2.27. The predicted octanol–water partition coefficient (Wildman–Crippen LogP) is 5.51. The van der Waals surface area contributed by atoms with Gasteiger partial charge in [-0.2, -0.15) is 5.10 Å². The Bertz CT molecular complexity index is 1260. The lowest BCUT2D eigenvalue weighted by molar-refractivity contribution is 0.0224. The number of carbonyl (C=O) groups excluding carboxylic acids is 1. The molecule has 2 heterocycles. The van der Waals surface area contributed by atoms with Gasteiger partial charge < -0.3 is 15.0 Å². The fraction of sp³-hybridized carbons (Fsp3) is 0.269. The molecule has 36 heavy (non-hydrogen) atoms. The molecule has 0 aliphatic heterocycles.